The highest BCUT2D eigenvalue weighted by molar-refractivity contribution is 4.94. The molecule has 2 N–H and O–H groups in total. The van der Waals surface area contributed by atoms with Crippen molar-refractivity contribution in [2.75, 3.05) is 0 Å². The Morgan fingerprint density at radius 3 is 2.58 bits per heavy atom. The van der Waals surface area contributed by atoms with Crippen LogP contribution in [0.5, 0.6) is 0 Å². The Bertz CT molecular complexity index is 164. The molecule has 1 heteroatoms. The van der Waals surface area contributed by atoms with E-state index >= 15 is 0 Å². The van der Waals surface area contributed by atoms with Gasteiger partial charge in [0.25, 0.3) is 0 Å². The largest absolute Gasteiger partial charge is 0.327 e. The first-order chi connectivity index (χ1) is 5.68. The predicted octanol–water partition coefficient (Wildman–Crippen LogP) is 2.41. The Balaban J connectivity index is 2.10. The molecule has 2 aliphatic rings. The summed E-state index contributed by atoms with van der Waals surface area (Å²) in [6, 6.07) is 0.510. The fourth-order valence-electron chi connectivity index (χ4n) is 3.61. The molecule has 2 fully saturated rings. The highest BCUT2D eigenvalue weighted by atomic mass is 14.7. The van der Waals surface area contributed by atoms with Crippen molar-refractivity contribution in [3.63, 3.8) is 0 Å². The van der Waals surface area contributed by atoms with Gasteiger partial charge in [-0.2, -0.15) is 0 Å². The van der Waals surface area contributed by atoms with Gasteiger partial charge in [-0.05, 0) is 42.9 Å². The minimum absolute atomic E-state index is 0.510. The second kappa shape index (κ2) is 3.02. The molecular weight excluding hydrogens is 146 g/mol. The second-order valence-corrected chi connectivity index (χ2v) is 5.16. The Hall–Kier alpha value is -0.0400. The third-order valence-corrected chi connectivity index (χ3v) is 4.00. The van der Waals surface area contributed by atoms with Crippen molar-refractivity contribution in [1.82, 2.24) is 0 Å². The number of rotatable bonds is 1. The minimum Gasteiger partial charge on any atom is -0.327 e. The van der Waals surface area contributed by atoms with Crippen LogP contribution >= 0.6 is 0 Å². The molecule has 0 aliphatic heterocycles. The van der Waals surface area contributed by atoms with Gasteiger partial charge in [-0.15, -0.1) is 0 Å². The molecule has 4 unspecified atom stereocenters. The molecule has 4 atom stereocenters. The summed E-state index contributed by atoms with van der Waals surface area (Å²) < 4.78 is 0. The number of hydrogen-bond donors (Lipinski definition) is 1. The number of fused-ring (bicyclic) bond motifs is 2. The van der Waals surface area contributed by atoms with Gasteiger partial charge < -0.3 is 5.73 Å². The number of nitrogens with two attached hydrogens (primary N) is 1. The lowest BCUT2D eigenvalue weighted by atomic mass is 9.71. The molecule has 0 aromatic rings. The molecule has 0 amide bonds. The van der Waals surface area contributed by atoms with Crippen LogP contribution in [0.2, 0.25) is 0 Å². The fraction of sp³-hybridized carbons (Fsp3) is 1.00. The van der Waals surface area contributed by atoms with Crippen LogP contribution in [0.25, 0.3) is 0 Å². The zero-order chi connectivity index (χ0) is 8.72. The summed E-state index contributed by atoms with van der Waals surface area (Å²) in [5.74, 6) is 3.58. The van der Waals surface area contributed by atoms with Crippen LogP contribution in [-0.2, 0) is 0 Å². The summed E-state index contributed by atoms with van der Waals surface area (Å²) in [5.41, 5.74) is 6.20. The summed E-state index contributed by atoms with van der Waals surface area (Å²) >= 11 is 0. The van der Waals surface area contributed by atoms with Crippen molar-refractivity contribution >= 4 is 0 Å². The molecule has 0 aromatic carbocycles. The molecule has 70 valence electrons. The van der Waals surface area contributed by atoms with Gasteiger partial charge in [-0.25, -0.2) is 0 Å². The van der Waals surface area contributed by atoms with Crippen LogP contribution < -0.4 is 5.73 Å². The van der Waals surface area contributed by atoms with Crippen molar-refractivity contribution < 1.29 is 0 Å². The lowest BCUT2D eigenvalue weighted by Gasteiger charge is -2.37. The third-order valence-electron chi connectivity index (χ3n) is 4.00. The van der Waals surface area contributed by atoms with Gasteiger partial charge in [0, 0.05) is 6.04 Å². The van der Waals surface area contributed by atoms with E-state index in [0.717, 1.165) is 23.7 Å². The van der Waals surface area contributed by atoms with E-state index in [4.69, 9.17) is 5.73 Å². The van der Waals surface area contributed by atoms with Crippen molar-refractivity contribution in [3.8, 4) is 0 Å². The van der Waals surface area contributed by atoms with E-state index in [2.05, 4.69) is 13.8 Å². The Labute approximate surface area is 75.7 Å². The summed E-state index contributed by atoms with van der Waals surface area (Å²) in [6.45, 7) is 4.67. The molecule has 12 heavy (non-hydrogen) atoms. The smallest absolute Gasteiger partial charge is 0.00748 e. The summed E-state index contributed by atoms with van der Waals surface area (Å²) in [4.78, 5) is 0. The lowest BCUT2D eigenvalue weighted by molar-refractivity contribution is 0.159. The molecule has 2 aliphatic carbocycles. The topological polar surface area (TPSA) is 26.0 Å². The molecular formula is C11H21N. The molecule has 1 nitrogen and oxygen atoms in total. The first kappa shape index (κ1) is 8.55. The van der Waals surface area contributed by atoms with E-state index < -0.39 is 0 Å². The average molecular weight is 167 g/mol. The molecule has 2 bridgehead atoms. The van der Waals surface area contributed by atoms with Crippen molar-refractivity contribution in [2.45, 2.75) is 45.6 Å². The molecule has 0 spiro atoms. The van der Waals surface area contributed by atoms with Gasteiger partial charge in [0.2, 0.25) is 0 Å². The van der Waals surface area contributed by atoms with Crippen molar-refractivity contribution in [2.24, 2.45) is 29.4 Å². The van der Waals surface area contributed by atoms with E-state index in [1.165, 1.54) is 25.7 Å². The highest BCUT2D eigenvalue weighted by Gasteiger charge is 2.41. The van der Waals surface area contributed by atoms with Crippen LogP contribution in [0.4, 0.5) is 0 Å². The SMILES string of the molecule is CC(C)C1C(N)CC2CCC1C2. The van der Waals surface area contributed by atoms with Gasteiger partial charge in [-0.3, -0.25) is 0 Å². The van der Waals surface area contributed by atoms with Crippen LogP contribution in [0, 0.1) is 23.7 Å². The van der Waals surface area contributed by atoms with E-state index in [1.54, 1.807) is 0 Å². The van der Waals surface area contributed by atoms with E-state index in [9.17, 15) is 0 Å². The Kier molecular flexibility index (Phi) is 2.16. The zero-order valence-corrected chi connectivity index (χ0v) is 8.29. The first-order valence-corrected chi connectivity index (χ1v) is 5.44. The van der Waals surface area contributed by atoms with E-state index in [-0.39, 0.29) is 0 Å². The summed E-state index contributed by atoms with van der Waals surface area (Å²) in [5, 5.41) is 0. The molecule has 0 saturated heterocycles. The fourth-order valence-corrected chi connectivity index (χ4v) is 3.61. The lowest BCUT2D eigenvalue weighted by Crippen LogP contribution is -2.41. The third kappa shape index (κ3) is 1.28. The molecule has 0 heterocycles. The second-order valence-electron chi connectivity index (χ2n) is 5.16. The van der Waals surface area contributed by atoms with Gasteiger partial charge in [-0.1, -0.05) is 20.3 Å². The first-order valence-electron chi connectivity index (χ1n) is 5.44. The monoisotopic (exact) mass is 167 g/mol. The van der Waals surface area contributed by atoms with Crippen LogP contribution in [-0.4, -0.2) is 6.04 Å². The van der Waals surface area contributed by atoms with E-state index in [1.807, 2.05) is 0 Å². The minimum atomic E-state index is 0.510. The average Bonchev–Trinajstić information content (AvgIpc) is 2.31. The molecule has 0 aromatic heterocycles. The Morgan fingerprint density at radius 1 is 1.17 bits per heavy atom. The quantitative estimate of drug-likeness (QED) is 0.637. The standard InChI is InChI=1S/C11H21N/c1-7(2)11-9-4-3-8(5-9)6-10(11)12/h7-11H,3-6,12H2,1-2H3. The van der Waals surface area contributed by atoms with Crippen molar-refractivity contribution in [3.05, 3.63) is 0 Å². The van der Waals surface area contributed by atoms with Gasteiger partial charge in [0.05, 0.1) is 0 Å². The van der Waals surface area contributed by atoms with E-state index in [0.29, 0.717) is 6.04 Å². The Morgan fingerprint density at radius 2 is 1.92 bits per heavy atom. The molecule has 0 radical (unpaired) electrons. The van der Waals surface area contributed by atoms with Gasteiger partial charge >= 0.3 is 0 Å². The maximum atomic E-state index is 6.20. The highest BCUT2D eigenvalue weighted by Crippen LogP contribution is 2.47. The van der Waals surface area contributed by atoms with Gasteiger partial charge in [0.15, 0.2) is 0 Å². The summed E-state index contributed by atoms with van der Waals surface area (Å²) in [6.07, 6.45) is 5.71. The normalized spacial score (nSPS) is 47.0. The van der Waals surface area contributed by atoms with Crippen LogP contribution in [0.15, 0.2) is 0 Å². The number of hydrogen-bond acceptors (Lipinski definition) is 1. The predicted molar refractivity (Wildman–Crippen MR) is 51.8 cm³/mol. The summed E-state index contributed by atoms with van der Waals surface area (Å²) in [7, 11) is 0. The maximum absolute atomic E-state index is 6.20. The maximum Gasteiger partial charge on any atom is 0.00748 e. The van der Waals surface area contributed by atoms with Crippen LogP contribution in [0.1, 0.15) is 39.5 Å². The van der Waals surface area contributed by atoms with Crippen LogP contribution in [0.3, 0.4) is 0 Å². The van der Waals surface area contributed by atoms with Crippen molar-refractivity contribution in [1.29, 1.82) is 0 Å². The molecule has 2 saturated carbocycles. The van der Waals surface area contributed by atoms with Gasteiger partial charge in [0.1, 0.15) is 0 Å². The molecule has 2 rings (SSSR count). The zero-order valence-electron chi connectivity index (χ0n) is 8.29.